The molecular formula is C15H18N2O. The number of rotatable bonds is 6. The molecule has 0 spiro atoms. The van der Waals surface area contributed by atoms with Crippen molar-refractivity contribution in [3.05, 3.63) is 59.9 Å². The van der Waals surface area contributed by atoms with Gasteiger partial charge in [-0.25, -0.2) is 0 Å². The summed E-state index contributed by atoms with van der Waals surface area (Å²) >= 11 is 0. The van der Waals surface area contributed by atoms with Crippen LogP contribution in [0.3, 0.4) is 0 Å². The highest BCUT2D eigenvalue weighted by Gasteiger charge is 1.97. The van der Waals surface area contributed by atoms with Crippen LogP contribution in [0.15, 0.2) is 48.8 Å². The molecule has 94 valence electrons. The minimum atomic E-state index is 0.577. The zero-order valence-electron chi connectivity index (χ0n) is 10.6. The average Bonchev–Trinajstić information content (AvgIpc) is 2.44. The fraction of sp³-hybridized carbons (Fsp3) is 0.267. The summed E-state index contributed by atoms with van der Waals surface area (Å²) in [6.45, 7) is 4.53. The van der Waals surface area contributed by atoms with Gasteiger partial charge in [-0.3, -0.25) is 4.98 Å². The topological polar surface area (TPSA) is 34.1 Å². The Morgan fingerprint density at radius 3 is 2.72 bits per heavy atom. The molecule has 1 aromatic heterocycles. The lowest BCUT2D eigenvalue weighted by atomic mass is 10.2. The molecule has 0 aliphatic carbocycles. The Kier molecular flexibility index (Phi) is 4.73. The zero-order chi connectivity index (χ0) is 12.6. The monoisotopic (exact) mass is 242 g/mol. The van der Waals surface area contributed by atoms with Crippen LogP contribution in [-0.4, -0.2) is 11.5 Å². The number of nitrogens with zero attached hydrogens (tertiary/aromatic N) is 1. The Morgan fingerprint density at radius 2 is 1.94 bits per heavy atom. The third-order valence-corrected chi connectivity index (χ3v) is 2.63. The van der Waals surface area contributed by atoms with Gasteiger partial charge >= 0.3 is 0 Å². The SMILES string of the molecule is CCNCc1cccc(OCc2ccncc2)c1. The van der Waals surface area contributed by atoms with Crippen molar-refractivity contribution in [3.63, 3.8) is 0 Å². The van der Waals surface area contributed by atoms with E-state index >= 15 is 0 Å². The van der Waals surface area contributed by atoms with Crippen molar-refractivity contribution in [1.82, 2.24) is 10.3 Å². The molecule has 1 heterocycles. The highest BCUT2D eigenvalue weighted by Crippen LogP contribution is 2.14. The summed E-state index contributed by atoms with van der Waals surface area (Å²) in [5, 5.41) is 3.30. The molecule has 3 nitrogen and oxygen atoms in total. The normalized spacial score (nSPS) is 10.3. The third-order valence-electron chi connectivity index (χ3n) is 2.63. The summed E-state index contributed by atoms with van der Waals surface area (Å²) < 4.78 is 5.76. The molecule has 0 aliphatic rings. The first-order valence-corrected chi connectivity index (χ1v) is 6.20. The molecule has 0 unspecified atom stereocenters. The standard InChI is InChI=1S/C15H18N2O/c1-2-16-11-14-4-3-5-15(10-14)18-12-13-6-8-17-9-7-13/h3-10,16H,2,11-12H2,1H3. The first-order chi connectivity index (χ1) is 8.88. The van der Waals surface area contributed by atoms with Gasteiger partial charge < -0.3 is 10.1 Å². The Morgan fingerprint density at radius 1 is 1.11 bits per heavy atom. The fourth-order valence-corrected chi connectivity index (χ4v) is 1.66. The molecule has 2 rings (SSSR count). The summed E-state index contributed by atoms with van der Waals surface area (Å²) in [5.41, 5.74) is 2.37. The van der Waals surface area contributed by atoms with Crippen molar-refractivity contribution in [2.75, 3.05) is 6.54 Å². The van der Waals surface area contributed by atoms with Crippen LogP contribution < -0.4 is 10.1 Å². The minimum absolute atomic E-state index is 0.577. The van der Waals surface area contributed by atoms with Gasteiger partial charge in [0.15, 0.2) is 0 Å². The van der Waals surface area contributed by atoms with E-state index in [-0.39, 0.29) is 0 Å². The predicted molar refractivity (Wildman–Crippen MR) is 72.4 cm³/mol. The second kappa shape index (κ2) is 6.77. The summed E-state index contributed by atoms with van der Waals surface area (Å²) in [6, 6.07) is 12.1. The smallest absolute Gasteiger partial charge is 0.120 e. The van der Waals surface area contributed by atoms with E-state index in [1.54, 1.807) is 12.4 Å². The number of aromatic nitrogens is 1. The van der Waals surface area contributed by atoms with Crippen molar-refractivity contribution in [2.45, 2.75) is 20.1 Å². The average molecular weight is 242 g/mol. The van der Waals surface area contributed by atoms with E-state index < -0.39 is 0 Å². The van der Waals surface area contributed by atoms with Crippen molar-refractivity contribution >= 4 is 0 Å². The van der Waals surface area contributed by atoms with Crippen molar-refractivity contribution < 1.29 is 4.74 Å². The molecule has 0 saturated heterocycles. The molecule has 1 N–H and O–H groups in total. The summed E-state index contributed by atoms with van der Waals surface area (Å²) in [7, 11) is 0. The van der Waals surface area contributed by atoms with E-state index in [4.69, 9.17) is 4.74 Å². The highest BCUT2D eigenvalue weighted by molar-refractivity contribution is 5.28. The molecule has 0 saturated carbocycles. The number of hydrogen-bond acceptors (Lipinski definition) is 3. The van der Waals surface area contributed by atoms with Crippen LogP contribution in [0.1, 0.15) is 18.1 Å². The predicted octanol–water partition coefficient (Wildman–Crippen LogP) is 2.77. The Labute approximate surface area is 108 Å². The number of nitrogens with one attached hydrogen (secondary N) is 1. The van der Waals surface area contributed by atoms with E-state index in [9.17, 15) is 0 Å². The van der Waals surface area contributed by atoms with Gasteiger partial charge in [0.05, 0.1) is 0 Å². The van der Waals surface area contributed by atoms with Gasteiger partial charge in [-0.1, -0.05) is 19.1 Å². The molecule has 0 aliphatic heterocycles. The van der Waals surface area contributed by atoms with Crippen LogP contribution >= 0.6 is 0 Å². The molecule has 18 heavy (non-hydrogen) atoms. The highest BCUT2D eigenvalue weighted by atomic mass is 16.5. The number of pyridine rings is 1. The van der Waals surface area contributed by atoms with Gasteiger partial charge in [-0.15, -0.1) is 0 Å². The zero-order valence-corrected chi connectivity index (χ0v) is 10.6. The molecule has 1 aromatic carbocycles. The molecule has 2 aromatic rings. The second-order valence-corrected chi connectivity index (χ2v) is 4.07. The van der Waals surface area contributed by atoms with Crippen LogP contribution in [0.5, 0.6) is 5.75 Å². The summed E-state index contributed by atoms with van der Waals surface area (Å²) in [4.78, 5) is 3.98. The van der Waals surface area contributed by atoms with Crippen LogP contribution in [0.2, 0.25) is 0 Å². The second-order valence-electron chi connectivity index (χ2n) is 4.07. The Bertz CT molecular complexity index is 471. The van der Waals surface area contributed by atoms with Crippen molar-refractivity contribution in [1.29, 1.82) is 0 Å². The Balaban J connectivity index is 1.93. The van der Waals surface area contributed by atoms with Gasteiger partial charge in [0, 0.05) is 18.9 Å². The van der Waals surface area contributed by atoms with Gasteiger partial charge in [0.25, 0.3) is 0 Å². The van der Waals surface area contributed by atoms with Crippen LogP contribution in [0.25, 0.3) is 0 Å². The minimum Gasteiger partial charge on any atom is -0.489 e. The largest absolute Gasteiger partial charge is 0.489 e. The molecule has 0 bridgehead atoms. The quantitative estimate of drug-likeness (QED) is 0.845. The van der Waals surface area contributed by atoms with E-state index in [0.29, 0.717) is 6.61 Å². The first kappa shape index (κ1) is 12.6. The van der Waals surface area contributed by atoms with E-state index in [2.05, 4.69) is 29.4 Å². The van der Waals surface area contributed by atoms with E-state index in [0.717, 1.165) is 24.4 Å². The van der Waals surface area contributed by atoms with E-state index in [1.165, 1.54) is 5.56 Å². The lowest BCUT2D eigenvalue weighted by molar-refractivity contribution is 0.305. The van der Waals surface area contributed by atoms with Gasteiger partial charge in [0.2, 0.25) is 0 Å². The van der Waals surface area contributed by atoms with Gasteiger partial charge in [-0.2, -0.15) is 0 Å². The fourth-order valence-electron chi connectivity index (χ4n) is 1.66. The van der Waals surface area contributed by atoms with Crippen LogP contribution in [-0.2, 0) is 13.2 Å². The maximum Gasteiger partial charge on any atom is 0.120 e. The van der Waals surface area contributed by atoms with Gasteiger partial charge in [-0.05, 0) is 41.9 Å². The Hall–Kier alpha value is -1.87. The van der Waals surface area contributed by atoms with Crippen LogP contribution in [0.4, 0.5) is 0 Å². The molecule has 0 amide bonds. The number of hydrogen-bond donors (Lipinski definition) is 1. The number of ether oxygens (including phenoxy) is 1. The maximum atomic E-state index is 5.76. The molecule has 0 atom stereocenters. The summed E-state index contributed by atoms with van der Waals surface area (Å²) in [6.07, 6.45) is 3.56. The van der Waals surface area contributed by atoms with Crippen molar-refractivity contribution in [2.24, 2.45) is 0 Å². The van der Waals surface area contributed by atoms with Crippen LogP contribution in [0, 0.1) is 0 Å². The molecular weight excluding hydrogens is 224 g/mol. The molecule has 3 heteroatoms. The first-order valence-electron chi connectivity index (χ1n) is 6.20. The van der Waals surface area contributed by atoms with Crippen molar-refractivity contribution in [3.8, 4) is 5.75 Å². The lowest BCUT2D eigenvalue weighted by Crippen LogP contribution is -2.11. The molecule has 0 fully saturated rings. The maximum absolute atomic E-state index is 5.76. The lowest BCUT2D eigenvalue weighted by Gasteiger charge is -2.08. The third kappa shape index (κ3) is 3.86. The van der Waals surface area contributed by atoms with Gasteiger partial charge in [0.1, 0.15) is 12.4 Å². The summed E-state index contributed by atoms with van der Waals surface area (Å²) in [5.74, 6) is 0.905. The number of benzene rings is 1. The van der Waals surface area contributed by atoms with E-state index in [1.807, 2.05) is 24.3 Å². The molecule has 0 radical (unpaired) electrons.